The maximum absolute atomic E-state index is 2.56. The van der Waals surface area contributed by atoms with Crippen molar-refractivity contribution in [1.29, 1.82) is 0 Å². The molecule has 2 heteroatoms. The molecule has 0 radical (unpaired) electrons. The van der Waals surface area contributed by atoms with Gasteiger partial charge in [0.2, 0.25) is 0 Å². The molecule has 11 rings (SSSR count). The molecule has 1 aromatic heterocycles. The topological polar surface area (TPSA) is 8.17 Å². The van der Waals surface area contributed by atoms with Crippen LogP contribution in [0, 0.1) is 0 Å². The maximum Gasteiger partial charge on any atom is 0.0620 e. The Hall–Kier alpha value is -6.64. The van der Waals surface area contributed by atoms with Crippen LogP contribution >= 0.6 is 0 Å². The quantitative estimate of drug-likeness (QED) is 0.172. The molecule has 8 aromatic carbocycles. The van der Waals surface area contributed by atoms with Crippen LogP contribution in [0.3, 0.4) is 0 Å². The predicted octanol–water partition coefficient (Wildman–Crippen LogP) is 14.5. The van der Waals surface area contributed by atoms with Gasteiger partial charge < -0.3 is 9.47 Å². The molecule has 56 heavy (non-hydrogen) atoms. The minimum atomic E-state index is -0.208. The van der Waals surface area contributed by atoms with Gasteiger partial charge in [-0.25, -0.2) is 0 Å². The van der Waals surface area contributed by atoms with Gasteiger partial charge in [0.15, 0.2) is 0 Å². The normalized spacial score (nSPS) is 14.4. The molecule has 0 aliphatic heterocycles. The van der Waals surface area contributed by atoms with Gasteiger partial charge in [-0.1, -0.05) is 167 Å². The van der Waals surface area contributed by atoms with Crippen LogP contribution in [-0.2, 0) is 10.8 Å². The first-order valence-electron chi connectivity index (χ1n) is 19.8. The Bertz CT molecular complexity index is 3030. The second kappa shape index (κ2) is 11.9. The van der Waals surface area contributed by atoms with Crippen molar-refractivity contribution in [2.45, 2.75) is 38.5 Å². The summed E-state index contributed by atoms with van der Waals surface area (Å²) in [5, 5.41) is 2.50. The highest BCUT2D eigenvalue weighted by Gasteiger charge is 2.40. The molecule has 0 N–H and O–H groups in total. The molecule has 0 atom stereocenters. The zero-order chi connectivity index (χ0) is 37.8. The molecule has 9 aromatic rings. The van der Waals surface area contributed by atoms with Gasteiger partial charge in [-0.05, 0) is 87.0 Å². The minimum absolute atomic E-state index is 0.0781. The molecule has 0 spiro atoms. The third-order valence-corrected chi connectivity index (χ3v) is 12.8. The third-order valence-electron chi connectivity index (χ3n) is 12.8. The van der Waals surface area contributed by atoms with Crippen LogP contribution < -0.4 is 4.90 Å². The van der Waals surface area contributed by atoms with Gasteiger partial charge in [-0.15, -0.1) is 0 Å². The predicted molar refractivity (Wildman–Crippen MR) is 236 cm³/mol. The van der Waals surface area contributed by atoms with E-state index < -0.39 is 0 Å². The van der Waals surface area contributed by atoms with Crippen molar-refractivity contribution in [3.05, 3.63) is 204 Å². The smallest absolute Gasteiger partial charge is 0.0620 e. The van der Waals surface area contributed by atoms with E-state index in [9.17, 15) is 0 Å². The Morgan fingerprint density at radius 1 is 0.393 bits per heavy atom. The van der Waals surface area contributed by atoms with Crippen molar-refractivity contribution in [2.24, 2.45) is 0 Å². The van der Waals surface area contributed by atoms with Crippen LogP contribution in [0.1, 0.15) is 49.9 Å². The Kier molecular flexibility index (Phi) is 6.98. The van der Waals surface area contributed by atoms with Gasteiger partial charge in [-0.3, -0.25) is 0 Å². The summed E-state index contributed by atoms with van der Waals surface area (Å²) < 4.78 is 2.45. The van der Waals surface area contributed by atoms with E-state index >= 15 is 0 Å². The van der Waals surface area contributed by atoms with Crippen molar-refractivity contribution < 1.29 is 0 Å². The van der Waals surface area contributed by atoms with Crippen molar-refractivity contribution >= 4 is 38.9 Å². The molecular weight excluding hydrogens is 677 g/mol. The summed E-state index contributed by atoms with van der Waals surface area (Å²) in [6, 6.07) is 67.5. The zero-order valence-electron chi connectivity index (χ0n) is 32.2. The monoisotopic (exact) mass is 718 g/mol. The molecule has 0 unspecified atom stereocenters. The van der Waals surface area contributed by atoms with Crippen molar-refractivity contribution in [3.63, 3.8) is 0 Å². The second-order valence-corrected chi connectivity index (χ2v) is 16.5. The third kappa shape index (κ3) is 4.50. The number of hydrogen-bond acceptors (Lipinski definition) is 1. The summed E-state index contributed by atoms with van der Waals surface area (Å²) >= 11 is 0. The Labute approximate surface area is 328 Å². The highest BCUT2D eigenvalue weighted by atomic mass is 15.1. The average molecular weight is 719 g/mol. The number of nitrogens with zero attached hydrogens (tertiary/aromatic N) is 2. The van der Waals surface area contributed by atoms with Crippen LogP contribution in [0.2, 0.25) is 0 Å². The summed E-state index contributed by atoms with van der Waals surface area (Å²) in [5.74, 6) is 0. The molecule has 268 valence electrons. The first kappa shape index (κ1) is 32.8. The highest BCUT2D eigenvalue weighted by molar-refractivity contribution is 6.15. The molecule has 0 bridgehead atoms. The van der Waals surface area contributed by atoms with Gasteiger partial charge in [0, 0.05) is 44.1 Å². The van der Waals surface area contributed by atoms with Crippen molar-refractivity contribution in [1.82, 2.24) is 4.57 Å². The molecule has 0 fully saturated rings. The fourth-order valence-electron chi connectivity index (χ4n) is 10.2. The van der Waals surface area contributed by atoms with Crippen molar-refractivity contribution in [3.8, 4) is 39.1 Å². The van der Waals surface area contributed by atoms with Crippen LogP contribution in [0.25, 0.3) is 60.9 Å². The van der Waals surface area contributed by atoms with Crippen LogP contribution in [0.4, 0.5) is 17.1 Å². The summed E-state index contributed by atoms with van der Waals surface area (Å²) in [4.78, 5) is 2.56. The Morgan fingerprint density at radius 2 is 0.946 bits per heavy atom. The summed E-state index contributed by atoms with van der Waals surface area (Å²) in [6.45, 7) is 9.51. The molecule has 2 aliphatic rings. The summed E-state index contributed by atoms with van der Waals surface area (Å²) in [5.41, 5.74) is 19.9. The molecule has 0 saturated heterocycles. The van der Waals surface area contributed by atoms with E-state index in [2.05, 4.69) is 219 Å². The molecular formula is C54H42N2. The molecule has 0 saturated carbocycles. The average Bonchev–Trinajstić information content (AvgIpc) is 3.79. The maximum atomic E-state index is 2.56. The van der Waals surface area contributed by atoms with E-state index in [-0.39, 0.29) is 10.8 Å². The molecule has 0 amide bonds. The van der Waals surface area contributed by atoms with Crippen LogP contribution in [-0.4, -0.2) is 4.57 Å². The number of aromatic nitrogens is 1. The standard InChI is InChI=1S/C54H42N2/c1-53(2)45-27-12-9-21-38(45)44-34-36(32-33-47(44)53)55(50-31-17-24-41-37-20-8-13-28-46(37)54(3,4)51(41)50)48-29-14-10-22-39(48)42-25-16-26-43-40-23-11-15-30-49(40)56(52(42)43)35-18-6-5-7-19-35/h5-34H,1-4H3. The fourth-order valence-corrected chi connectivity index (χ4v) is 10.2. The number of fused-ring (bicyclic) bond motifs is 9. The van der Waals surface area contributed by atoms with E-state index in [1.165, 1.54) is 83.1 Å². The zero-order valence-corrected chi connectivity index (χ0v) is 32.2. The van der Waals surface area contributed by atoms with E-state index in [1.54, 1.807) is 0 Å². The molecule has 2 aliphatic carbocycles. The fraction of sp³-hybridized carbons (Fsp3) is 0.111. The van der Waals surface area contributed by atoms with E-state index in [0.29, 0.717) is 0 Å². The summed E-state index contributed by atoms with van der Waals surface area (Å²) in [6.07, 6.45) is 0. The van der Waals surface area contributed by atoms with E-state index in [1.807, 2.05) is 0 Å². The minimum Gasteiger partial charge on any atom is -0.310 e. The molecule has 2 nitrogen and oxygen atoms in total. The lowest BCUT2D eigenvalue weighted by atomic mass is 9.81. The van der Waals surface area contributed by atoms with Gasteiger partial charge in [0.05, 0.1) is 22.4 Å². The van der Waals surface area contributed by atoms with Gasteiger partial charge in [0.1, 0.15) is 0 Å². The second-order valence-electron chi connectivity index (χ2n) is 16.5. The van der Waals surface area contributed by atoms with Gasteiger partial charge in [0.25, 0.3) is 0 Å². The largest absolute Gasteiger partial charge is 0.310 e. The molecule has 1 heterocycles. The number of para-hydroxylation sites is 4. The van der Waals surface area contributed by atoms with E-state index in [0.717, 1.165) is 17.1 Å². The lowest BCUT2D eigenvalue weighted by Gasteiger charge is -2.34. The van der Waals surface area contributed by atoms with Crippen LogP contribution in [0.5, 0.6) is 0 Å². The van der Waals surface area contributed by atoms with Gasteiger partial charge in [-0.2, -0.15) is 0 Å². The number of hydrogen-bond donors (Lipinski definition) is 0. The first-order valence-corrected chi connectivity index (χ1v) is 19.8. The number of rotatable bonds is 5. The SMILES string of the molecule is CC1(C)c2ccccc2-c2cc(N(c3ccccc3-c3cccc4c5ccccc5n(-c5ccccc5)c34)c3cccc4c3C(C)(C)c3ccccc3-4)ccc21. The van der Waals surface area contributed by atoms with Gasteiger partial charge >= 0.3 is 0 Å². The van der Waals surface area contributed by atoms with Crippen molar-refractivity contribution in [2.75, 3.05) is 4.90 Å². The lowest BCUT2D eigenvalue weighted by molar-refractivity contribution is 0.660. The lowest BCUT2D eigenvalue weighted by Crippen LogP contribution is -2.21. The first-order chi connectivity index (χ1) is 27.3. The van der Waals surface area contributed by atoms with E-state index in [4.69, 9.17) is 0 Å². The van der Waals surface area contributed by atoms with Crippen LogP contribution in [0.15, 0.2) is 182 Å². The number of benzene rings is 8. The Balaban J connectivity index is 1.23. The number of anilines is 3. The summed E-state index contributed by atoms with van der Waals surface area (Å²) in [7, 11) is 0. The Morgan fingerprint density at radius 3 is 1.75 bits per heavy atom. The highest BCUT2D eigenvalue weighted by Crippen LogP contribution is 2.56.